The van der Waals surface area contributed by atoms with Crippen molar-refractivity contribution >= 4 is 29.1 Å². The van der Waals surface area contributed by atoms with E-state index in [0.29, 0.717) is 26.1 Å². The number of alkyl carbamates (subject to hydrolysis) is 1. The zero-order valence-electron chi connectivity index (χ0n) is 25.9. The van der Waals surface area contributed by atoms with Crippen LogP contribution in [-0.2, 0) is 38.6 Å². The van der Waals surface area contributed by atoms with Gasteiger partial charge in [0.25, 0.3) is 0 Å². The van der Waals surface area contributed by atoms with Gasteiger partial charge >= 0.3 is 18.2 Å². The highest BCUT2D eigenvalue weighted by atomic mass is 16.6. The first-order chi connectivity index (χ1) is 19.8. The first-order valence-corrected chi connectivity index (χ1v) is 14.5. The molecular formula is C33H45N3O6. The topological polar surface area (TPSA) is 99.1 Å². The number of hydrogen-bond acceptors (Lipinski definition) is 6. The molecule has 3 aromatic rings. The van der Waals surface area contributed by atoms with Gasteiger partial charge in [-0.05, 0) is 72.1 Å². The second kappa shape index (κ2) is 14.2. The third-order valence-electron chi connectivity index (χ3n) is 6.35. The molecule has 0 saturated heterocycles. The van der Waals surface area contributed by atoms with Gasteiger partial charge in [0.15, 0.2) is 0 Å². The lowest BCUT2D eigenvalue weighted by atomic mass is 10.0. The first kappa shape index (κ1) is 32.5. The van der Waals surface area contributed by atoms with Crippen molar-refractivity contribution in [2.24, 2.45) is 0 Å². The third-order valence-corrected chi connectivity index (χ3v) is 6.35. The fourth-order valence-corrected chi connectivity index (χ4v) is 4.53. The monoisotopic (exact) mass is 579 g/mol. The molecule has 1 N–H and O–H groups in total. The van der Waals surface area contributed by atoms with E-state index in [-0.39, 0.29) is 19.1 Å². The van der Waals surface area contributed by atoms with Gasteiger partial charge in [0, 0.05) is 43.2 Å². The molecule has 1 heterocycles. The highest BCUT2D eigenvalue weighted by Crippen LogP contribution is 2.24. The second-order valence-electron chi connectivity index (χ2n) is 12.3. The van der Waals surface area contributed by atoms with Gasteiger partial charge in [0.05, 0.1) is 0 Å². The van der Waals surface area contributed by atoms with Crippen molar-refractivity contribution in [1.29, 1.82) is 0 Å². The summed E-state index contributed by atoms with van der Waals surface area (Å²) in [5.74, 6) is -0.530. The Morgan fingerprint density at radius 3 is 2.19 bits per heavy atom. The number of aromatic nitrogens is 1. The summed E-state index contributed by atoms with van der Waals surface area (Å²) in [6.07, 6.45) is 1.92. The molecule has 0 fully saturated rings. The average Bonchev–Trinajstić information content (AvgIpc) is 3.25. The van der Waals surface area contributed by atoms with Crippen LogP contribution in [0.5, 0.6) is 0 Å². The summed E-state index contributed by atoms with van der Waals surface area (Å²) in [5.41, 5.74) is 1.42. The SMILES string of the molecule is CCN(CCCn1cc(CC(NC(=O)OC(C)(C)C)C(=O)OC(C)(C)C)c2ccccc21)C(=O)OCc1ccccc1. The van der Waals surface area contributed by atoms with Gasteiger partial charge in [-0.15, -0.1) is 0 Å². The number of fused-ring (bicyclic) bond motifs is 1. The number of para-hydroxylation sites is 1. The molecular weight excluding hydrogens is 534 g/mol. The number of nitrogens with zero attached hydrogens (tertiary/aromatic N) is 2. The highest BCUT2D eigenvalue weighted by Gasteiger charge is 2.30. The molecule has 0 aliphatic carbocycles. The van der Waals surface area contributed by atoms with E-state index in [1.54, 1.807) is 46.4 Å². The van der Waals surface area contributed by atoms with Gasteiger partial charge in [-0.25, -0.2) is 14.4 Å². The van der Waals surface area contributed by atoms with Crippen LogP contribution in [0, 0.1) is 0 Å². The lowest BCUT2D eigenvalue weighted by Crippen LogP contribution is -2.47. The summed E-state index contributed by atoms with van der Waals surface area (Å²) in [6.45, 7) is 14.6. The van der Waals surface area contributed by atoms with Crippen molar-refractivity contribution in [1.82, 2.24) is 14.8 Å². The number of nitrogens with one attached hydrogen (secondary N) is 1. The van der Waals surface area contributed by atoms with E-state index in [1.165, 1.54) is 0 Å². The molecule has 2 amide bonds. The van der Waals surface area contributed by atoms with E-state index in [1.807, 2.05) is 67.7 Å². The lowest BCUT2D eigenvalue weighted by molar-refractivity contribution is -0.157. The average molecular weight is 580 g/mol. The predicted molar refractivity (Wildman–Crippen MR) is 163 cm³/mol. The van der Waals surface area contributed by atoms with Crippen molar-refractivity contribution in [3.8, 4) is 0 Å². The van der Waals surface area contributed by atoms with Crippen LogP contribution in [0.25, 0.3) is 10.9 Å². The van der Waals surface area contributed by atoms with Crippen LogP contribution >= 0.6 is 0 Å². The largest absolute Gasteiger partial charge is 0.458 e. The summed E-state index contributed by atoms with van der Waals surface area (Å²) in [5, 5.41) is 3.70. The molecule has 1 aromatic heterocycles. The third kappa shape index (κ3) is 10.1. The maximum atomic E-state index is 13.1. The molecule has 0 spiro atoms. The molecule has 0 saturated carbocycles. The Labute approximate surface area is 249 Å². The lowest BCUT2D eigenvalue weighted by Gasteiger charge is -2.26. The summed E-state index contributed by atoms with van der Waals surface area (Å²) in [4.78, 5) is 40.1. The van der Waals surface area contributed by atoms with Crippen LogP contribution in [0.2, 0.25) is 0 Å². The molecule has 9 nitrogen and oxygen atoms in total. The van der Waals surface area contributed by atoms with Crippen LogP contribution in [0.1, 0.15) is 66.0 Å². The number of benzene rings is 2. The smallest absolute Gasteiger partial charge is 0.410 e. The molecule has 42 heavy (non-hydrogen) atoms. The maximum absolute atomic E-state index is 13.1. The van der Waals surface area contributed by atoms with Crippen LogP contribution in [-0.4, -0.2) is 58.0 Å². The molecule has 0 radical (unpaired) electrons. The minimum atomic E-state index is -0.937. The Bertz CT molecular complexity index is 1340. The Morgan fingerprint density at radius 1 is 0.905 bits per heavy atom. The molecule has 228 valence electrons. The van der Waals surface area contributed by atoms with Crippen LogP contribution in [0.15, 0.2) is 60.8 Å². The van der Waals surface area contributed by atoms with Gasteiger partial charge in [-0.2, -0.15) is 0 Å². The van der Waals surface area contributed by atoms with Crippen molar-refractivity contribution in [2.75, 3.05) is 13.1 Å². The van der Waals surface area contributed by atoms with E-state index in [2.05, 4.69) is 9.88 Å². The molecule has 1 atom stereocenters. The zero-order valence-corrected chi connectivity index (χ0v) is 25.9. The molecule has 9 heteroatoms. The summed E-state index contributed by atoms with van der Waals surface area (Å²) >= 11 is 0. The van der Waals surface area contributed by atoms with Crippen LogP contribution in [0.3, 0.4) is 0 Å². The van der Waals surface area contributed by atoms with Gasteiger partial charge in [0.1, 0.15) is 23.9 Å². The number of ether oxygens (including phenoxy) is 3. The van der Waals surface area contributed by atoms with Crippen LogP contribution in [0.4, 0.5) is 9.59 Å². The van der Waals surface area contributed by atoms with E-state index >= 15 is 0 Å². The standard InChI is InChI=1S/C33H45N3O6/c1-8-35(31(39)40-23-24-15-10-9-11-16-24)19-14-20-36-22-25(26-17-12-13-18-28(26)36)21-27(29(37)41-32(2,3)4)34-30(38)42-33(5,6)7/h9-13,15-18,22,27H,8,14,19-21,23H2,1-7H3,(H,34,38). The van der Waals surface area contributed by atoms with Crippen LogP contribution < -0.4 is 5.32 Å². The number of amides is 2. The number of carbonyl (C=O) groups excluding carboxylic acids is 3. The number of hydrogen-bond donors (Lipinski definition) is 1. The summed E-state index contributed by atoms with van der Waals surface area (Å²) in [6, 6.07) is 16.6. The van der Waals surface area contributed by atoms with E-state index in [4.69, 9.17) is 14.2 Å². The van der Waals surface area contributed by atoms with Gasteiger partial charge in [-0.1, -0.05) is 48.5 Å². The van der Waals surface area contributed by atoms with Gasteiger partial charge < -0.3 is 29.0 Å². The van der Waals surface area contributed by atoms with Crippen molar-refractivity contribution in [2.45, 2.75) is 91.7 Å². The molecule has 3 rings (SSSR count). The highest BCUT2D eigenvalue weighted by molar-refractivity contribution is 5.86. The minimum absolute atomic E-state index is 0.231. The van der Waals surface area contributed by atoms with E-state index in [9.17, 15) is 14.4 Å². The minimum Gasteiger partial charge on any atom is -0.458 e. The molecule has 0 aliphatic heterocycles. The fraction of sp³-hybridized carbons (Fsp3) is 0.485. The quantitative estimate of drug-likeness (QED) is 0.207. The van der Waals surface area contributed by atoms with Crippen molar-refractivity contribution < 1.29 is 28.6 Å². The molecule has 0 aliphatic rings. The van der Waals surface area contributed by atoms with Gasteiger partial charge in [-0.3, -0.25) is 0 Å². The maximum Gasteiger partial charge on any atom is 0.410 e. The zero-order chi connectivity index (χ0) is 30.9. The number of rotatable bonds is 11. The van der Waals surface area contributed by atoms with Crippen molar-refractivity contribution in [3.05, 3.63) is 71.9 Å². The second-order valence-corrected chi connectivity index (χ2v) is 12.3. The van der Waals surface area contributed by atoms with Gasteiger partial charge in [0.2, 0.25) is 0 Å². The normalized spacial score (nSPS) is 12.5. The first-order valence-electron chi connectivity index (χ1n) is 14.5. The Kier molecular flexibility index (Phi) is 11.0. The van der Waals surface area contributed by atoms with E-state index in [0.717, 1.165) is 22.0 Å². The Morgan fingerprint density at radius 2 is 1.55 bits per heavy atom. The number of esters is 1. The fourth-order valence-electron chi connectivity index (χ4n) is 4.53. The number of aryl methyl sites for hydroxylation is 1. The Hall–Kier alpha value is -4.01. The van der Waals surface area contributed by atoms with E-state index < -0.39 is 29.3 Å². The number of carbonyl (C=O) groups is 3. The predicted octanol–water partition coefficient (Wildman–Crippen LogP) is 6.47. The summed E-state index contributed by atoms with van der Waals surface area (Å²) in [7, 11) is 0. The summed E-state index contributed by atoms with van der Waals surface area (Å²) < 4.78 is 18.7. The molecule has 0 bridgehead atoms. The Balaban J connectivity index is 1.72. The molecule has 1 unspecified atom stereocenters. The molecule has 2 aromatic carbocycles. The van der Waals surface area contributed by atoms with Crippen molar-refractivity contribution in [3.63, 3.8) is 0 Å².